The van der Waals surface area contributed by atoms with Crippen molar-refractivity contribution in [3.63, 3.8) is 0 Å². The fraction of sp³-hybridized carbons (Fsp3) is 0.381. The standard InChI is InChI=1S/C21H25OP/c1-20(2,3)14-11-12-16-17(18(14)21(4,5)6)19(22)13-9-7-8-10-15(13)23-16/h7-12,23H,1-6H3. The molecule has 0 aliphatic heterocycles. The minimum absolute atomic E-state index is 0.0258. The first-order chi connectivity index (χ1) is 10.6. The van der Waals surface area contributed by atoms with Crippen LogP contribution in [-0.4, -0.2) is 0 Å². The van der Waals surface area contributed by atoms with Gasteiger partial charge in [-0.05, 0) is 22.0 Å². The summed E-state index contributed by atoms with van der Waals surface area (Å²) in [6, 6.07) is 12.5. The van der Waals surface area contributed by atoms with Gasteiger partial charge in [0.2, 0.25) is 0 Å². The lowest BCUT2D eigenvalue weighted by molar-refractivity contribution is 0.534. The van der Waals surface area contributed by atoms with Crippen molar-refractivity contribution in [1.82, 2.24) is 0 Å². The lowest BCUT2D eigenvalue weighted by atomic mass is 9.74. The van der Waals surface area contributed by atoms with Crippen LogP contribution < -0.4 is 5.43 Å². The van der Waals surface area contributed by atoms with Gasteiger partial charge in [0, 0.05) is 21.0 Å². The highest BCUT2D eigenvalue weighted by atomic mass is 31.0. The molecule has 0 N–H and O–H groups in total. The Hall–Kier alpha value is -1.59. The van der Waals surface area contributed by atoms with Crippen LogP contribution >= 0.6 is 8.19 Å². The minimum atomic E-state index is -0.0552. The lowest BCUT2D eigenvalue weighted by Crippen LogP contribution is -2.24. The van der Waals surface area contributed by atoms with E-state index in [1.54, 1.807) is 0 Å². The summed E-state index contributed by atoms with van der Waals surface area (Å²) in [7, 11) is 0.564. The van der Waals surface area contributed by atoms with Gasteiger partial charge in [0.05, 0.1) is 0 Å². The highest BCUT2D eigenvalue weighted by Gasteiger charge is 2.28. The first-order valence-electron chi connectivity index (χ1n) is 8.19. The summed E-state index contributed by atoms with van der Waals surface area (Å²) in [5.74, 6) is 0. The number of hydrogen-bond donors (Lipinski definition) is 0. The summed E-state index contributed by atoms with van der Waals surface area (Å²) in [6.07, 6.45) is 0. The molecule has 1 unspecified atom stereocenters. The number of benzene rings is 2. The van der Waals surface area contributed by atoms with Crippen molar-refractivity contribution in [2.45, 2.75) is 52.4 Å². The first kappa shape index (κ1) is 16.3. The third-order valence-corrected chi connectivity index (χ3v) is 5.82. The average molecular weight is 324 g/mol. The van der Waals surface area contributed by atoms with E-state index in [0.717, 1.165) is 10.8 Å². The molecule has 23 heavy (non-hydrogen) atoms. The number of hydrogen-bond acceptors (Lipinski definition) is 1. The molecule has 1 nitrogen and oxygen atoms in total. The van der Waals surface area contributed by atoms with Gasteiger partial charge in [0.25, 0.3) is 0 Å². The minimum Gasteiger partial charge on any atom is -0.289 e. The molecule has 120 valence electrons. The third kappa shape index (κ3) is 2.72. The van der Waals surface area contributed by atoms with Crippen molar-refractivity contribution < 1.29 is 0 Å². The van der Waals surface area contributed by atoms with Crippen molar-refractivity contribution in [1.29, 1.82) is 0 Å². The Kier molecular flexibility index (Phi) is 3.69. The lowest BCUT2D eigenvalue weighted by Gasteiger charge is -2.31. The summed E-state index contributed by atoms with van der Waals surface area (Å²) in [4.78, 5) is 13.3. The van der Waals surface area contributed by atoms with Gasteiger partial charge in [0.1, 0.15) is 0 Å². The Bertz CT molecular complexity index is 950. The maximum Gasteiger partial charge on any atom is 0.195 e. The Morgan fingerprint density at radius 1 is 0.783 bits per heavy atom. The van der Waals surface area contributed by atoms with E-state index in [9.17, 15) is 4.79 Å². The van der Waals surface area contributed by atoms with Crippen LogP contribution in [0.5, 0.6) is 0 Å². The summed E-state index contributed by atoms with van der Waals surface area (Å²) in [5.41, 5.74) is 2.69. The van der Waals surface area contributed by atoms with Gasteiger partial charge in [-0.2, -0.15) is 0 Å². The maximum atomic E-state index is 13.3. The molecule has 0 aliphatic carbocycles. The van der Waals surface area contributed by atoms with Gasteiger partial charge in [0.15, 0.2) is 5.43 Å². The Labute approximate surface area is 139 Å². The Balaban J connectivity index is 2.60. The van der Waals surface area contributed by atoms with Crippen molar-refractivity contribution in [3.8, 4) is 0 Å². The highest BCUT2D eigenvalue weighted by Crippen LogP contribution is 2.40. The van der Waals surface area contributed by atoms with Gasteiger partial charge in [-0.15, -0.1) is 8.19 Å². The van der Waals surface area contributed by atoms with Gasteiger partial charge < -0.3 is 0 Å². The first-order valence-corrected chi connectivity index (χ1v) is 9.19. The van der Waals surface area contributed by atoms with Gasteiger partial charge in [-0.3, -0.25) is 4.79 Å². The van der Waals surface area contributed by atoms with E-state index in [0.29, 0.717) is 8.19 Å². The summed E-state index contributed by atoms with van der Waals surface area (Å²) in [6.45, 7) is 13.3. The van der Waals surface area contributed by atoms with Gasteiger partial charge in [-0.25, -0.2) is 0 Å². The SMILES string of the molecule is CC(C)(C)c1ccc2[pH]c3ccccc3c(=O)c2c1C(C)(C)C. The Morgan fingerprint density at radius 2 is 1.43 bits per heavy atom. The zero-order valence-electron chi connectivity index (χ0n) is 14.9. The smallest absolute Gasteiger partial charge is 0.195 e. The monoisotopic (exact) mass is 324 g/mol. The largest absolute Gasteiger partial charge is 0.289 e. The molecule has 1 aromatic heterocycles. The van der Waals surface area contributed by atoms with E-state index >= 15 is 0 Å². The molecular formula is C21H25OP. The fourth-order valence-corrected chi connectivity index (χ4v) is 4.75. The molecule has 0 saturated heterocycles. The van der Waals surface area contributed by atoms with Crippen molar-refractivity contribution >= 4 is 29.2 Å². The molecule has 3 rings (SSSR count). The molecule has 0 saturated carbocycles. The summed E-state index contributed by atoms with van der Waals surface area (Å²) in [5, 5.41) is 4.22. The van der Waals surface area contributed by atoms with Crippen LogP contribution in [0.3, 0.4) is 0 Å². The van der Waals surface area contributed by atoms with Crippen LogP contribution in [-0.2, 0) is 10.8 Å². The van der Waals surface area contributed by atoms with E-state index in [-0.39, 0.29) is 16.3 Å². The summed E-state index contributed by atoms with van der Waals surface area (Å²) < 4.78 is 0. The van der Waals surface area contributed by atoms with Crippen LogP contribution in [0.2, 0.25) is 0 Å². The predicted molar refractivity (Wildman–Crippen MR) is 105 cm³/mol. The van der Waals surface area contributed by atoms with Crippen LogP contribution in [0.25, 0.3) is 21.0 Å². The molecule has 0 aliphatic rings. The molecular weight excluding hydrogens is 299 g/mol. The van der Waals surface area contributed by atoms with Crippen LogP contribution in [0.1, 0.15) is 52.7 Å². The van der Waals surface area contributed by atoms with Gasteiger partial charge in [-0.1, -0.05) is 77.9 Å². The van der Waals surface area contributed by atoms with Crippen LogP contribution in [0.15, 0.2) is 41.2 Å². The second kappa shape index (κ2) is 5.21. The predicted octanol–water partition coefficient (Wildman–Crippen LogP) is 5.98. The van der Waals surface area contributed by atoms with E-state index in [2.05, 4.69) is 59.7 Å². The second-order valence-electron chi connectivity index (χ2n) is 8.41. The molecule has 1 heterocycles. The number of rotatable bonds is 0. The highest BCUT2D eigenvalue weighted by molar-refractivity contribution is 7.43. The zero-order valence-corrected chi connectivity index (χ0v) is 15.9. The van der Waals surface area contributed by atoms with E-state index in [1.807, 2.05) is 18.2 Å². The van der Waals surface area contributed by atoms with E-state index < -0.39 is 0 Å². The zero-order chi connectivity index (χ0) is 17.0. The maximum absolute atomic E-state index is 13.3. The average Bonchev–Trinajstić information content (AvgIpc) is 2.44. The van der Waals surface area contributed by atoms with Crippen LogP contribution in [0.4, 0.5) is 0 Å². The molecule has 0 bridgehead atoms. The summed E-state index contributed by atoms with van der Waals surface area (Å²) >= 11 is 0. The molecule has 3 aromatic rings. The normalized spacial score (nSPS) is 13.3. The second-order valence-corrected chi connectivity index (χ2v) is 9.74. The topological polar surface area (TPSA) is 17.1 Å². The van der Waals surface area contributed by atoms with E-state index in [4.69, 9.17) is 0 Å². The third-order valence-electron chi connectivity index (χ3n) is 4.43. The fourth-order valence-electron chi connectivity index (χ4n) is 3.42. The Morgan fingerprint density at radius 3 is 2.04 bits per heavy atom. The van der Waals surface area contributed by atoms with E-state index in [1.165, 1.54) is 21.4 Å². The van der Waals surface area contributed by atoms with Gasteiger partial charge >= 0.3 is 0 Å². The molecule has 0 fully saturated rings. The molecule has 0 amide bonds. The molecule has 0 radical (unpaired) electrons. The number of fused-ring (bicyclic) bond motifs is 2. The van der Waals surface area contributed by atoms with Crippen molar-refractivity contribution in [2.75, 3.05) is 0 Å². The van der Waals surface area contributed by atoms with Crippen molar-refractivity contribution in [3.05, 3.63) is 57.7 Å². The molecule has 2 aromatic carbocycles. The van der Waals surface area contributed by atoms with Crippen LogP contribution in [0, 0.1) is 0 Å². The quantitative estimate of drug-likeness (QED) is 0.465. The molecule has 2 heteroatoms. The molecule has 0 spiro atoms. The van der Waals surface area contributed by atoms with Crippen molar-refractivity contribution in [2.24, 2.45) is 0 Å². The molecule has 1 atom stereocenters.